The number of rotatable bonds is 2. The quantitative estimate of drug-likeness (QED) is 0.720. The van der Waals surface area contributed by atoms with Crippen molar-refractivity contribution in [3.63, 3.8) is 0 Å². The van der Waals surface area contributed by atoms with Crippen LogP contribution in [0.3, 0.4) is 0 Å². The standard InChI is InChI=1S/C8H8BrN3O2S/c1-15-6-5(9)7(13)12(4-2-3-10)8(14)11-6/h5H,2,4H2,1H3. The number of imide groups is 1. The van der Waals surface area contributed by atoms with E-state index in [0.29, 0.717) is 5.04 Å². The lowest BCUT2D eigenvalue weighted by molar-refractivity contribution is -0.126. The molecule has 0 spiro atoms. The number of urea groups is 1. The maximum absolute atomic E-state index is 11.7. The van der Waals surface area contributed by atoms with E-state index in [1.807, 2.05) is 6.07 Å². The Bertz CT molecular complexity index is 363. The Hall–Kier alpha value is -0.870. The molecule has 7 heteroatoms. The van der Waals surface area contributed by atoms with Crippen LogP contribution in [0.2, 0.25) is 0 Å². The summed E-state index contributed by atoms with van der Waals surface area (Å²) in [4.78, 5) is 27.2. The van der Waals surface area contributed by atoms with Gasteiger partial charge in [-0.2, -0.15) is 10.3 Å². The summed E-state index contributed by atoms with van der Waals surface area (Å²) in [6.45, 7) is 0.0986. The smallest absolute Gasteiger partial charge is 0.273 e. The monoisotopic (exact) mass is 289 g/mol. The number of hydrogen-bond donors (Lipinski definition) is 0. The number of aliphatic imine (C=N–C) groups is 1. The number of carbonyl (C=O) groups excluding carboxylic acids is 2. The first-order valence-corrected chi connectivity index (χ1v) is 6.24. The van der Waals surface area contributed by atoms with Crippen molar-refractivity contribution in [3.8, 4) is 6.07 Å². The Morgan fingerprint density at radius 2 is 2.33 bits per heavy atom. The molecular weight excluding hydrogens is 282 g/mol. The van der Waals surface area contributed by atoms with Crippen LogP contribution in [0, 0.1) is 11.3 Å². The van der Waals surface area contributed by atoms with Gasteiger partial charge in [-0.15, -0.1) is 11.8 Å². The Morgan fingerprint density at radius 3 is 2.87 bits per heavy atom. The van der Waals surface area contributed by atoms with E-state index in [0.717, 1.165) is 4.90 Å². The minimum atomic E-state index is -0.588. The lowest BCUT2D eigenvalue weighted by Crippen LogP contribution is -2.46. The first-order chi connectivity index (χ1) is 7.11. The summed E-state index contributed by atoms with van der Waals surface area (Å²) < 4.78 is 0. The first kappa shape index (κ1) is 12.2. The van der Waals surface area contributed by atoms with Gasteiger partial charge >= 0.3 is 6.03 Å². The number of thioether (sulfide) groups is 1. The fourth-order valence-corrected chi connectivity index (χ4v) is 2.45. The molecule has 5 nitrogen and oxygen atoms in total. The highest BCUT2D eigenvalue weighted by atomic mass is 79.9. The van der Waals surface area contributed by atoms with E-state index in [-0.39, 0.29) is 18.9 Å². The van der Waals surface area contributed by atoms with Gasteiger partial charge in [0.05, 0.1) is 12.5 Å². The predicted octanol–water partition coefficient (Wildman–Crippen LogP) is 1.39. The molecule has 3 amide bonds. The summed E-state index contributed by atoms with van der Waals surface area (Å²) in [5, 5.41) is 8.84. The number of alkyl halides is 1. The second-order valence-corrected chi connectivity index (χ2v) is 4.44. The van der Waals surface area contributed by atoms with Crippen molar-refractivity contribution >= 4 is 44.7 Å². The van der Waals surface area contributed by atoms with Crippen LogP contribution in [0.1, 0.15) is 6.42 Å². The highest BCUT2D eigenvalue weighted by Crippen LogP contribution is 2.20. The van der Waals surface area contributed by atoms with Crippen molar-refractivity contribution in [2.45, 2.75) is 11.2 Å². The van der Waals surface area contributed by atoms with Crippen molar-refractivity contribution in [1.82, 2.24) is 4.90 Å². The van der Waals surface area contributed by atoms with Crippen LogP contribution in [0.4, 0.5) is 4.79 Å². The number of nitriles is 1. The molecule has 0 saturated carbocycles. The second kappa shape index (κ2) is 5.28. The third kappa shape index (κ3) is 2.58. The van der Waals surface area contributed by atoms with E-state index in [2.05, 4.69) is 20.9 Å². The fraction of sp³-hybridized carbons (Fsp3) is 0.500. The maximum atomic E-state index is 11.7. The highest BCUT2D eigenvalue weighted by molar-refractivity contribution is 9.10. The van der Waals surface area contributed by atoms with Gasteiger partial charge in [0.15, 0.2) is 0 Å². The zero-order valence-electron chi connectivity index (χ0n) is 7.94. The second-order valence-electron chi connectivity index (χ2n) is 2.70. The summed E-state index contributed by atoms with van der Waals surface area (Å²) in [6.07, 6.45) is 1.87. The number of hydrogen-bond acceptors (Lipinski definition) is 4. The van der Waals surface area contributed by atoms with Gasteiger partial charge < -0.3 is 0 Å². The minimum absolute atomic E-state index is 0.0986. The summed E-state index contributed by atoms with van der Waals surface area (Å²) in [6, 6.07) is 1.29. The molecule has 0 aromatic carbocycles. The Morgan fingerprint density at radius 1 is 1.67 bits per heavy atom. The molecule has 1 aliphatic rings. The molecule has 1 atom stereocenters. The molecule has 0 fully saturated rings. The lowest BCUT2D eigenvalue weighted by atomic mass is 10.3. The van der Waals surface area contributed by atoms with Crippen LogP contribution in [-0.2, 0) is 4.79 Å². The van der Waals surface area contributed by atoms with Gasteiger partial charge in [-0.1, -0.05) is 15.9 Å². The van der Waals surface area contributed by atoms with Crippen molar-refractivity contribution in [3.05, 3.63) is 0 Å². The van der Waals surface area contributed by atoms with Gasteiger partial charge in [-0.05, 0) is 6.26 Å². The van der Waals surface area contributed by atoms with Crippen molar-refractivity contribution in [1.29, 1.82) is 5.26 Å². The molecular formula is C8H8BrN3O2S. The van der Waals surface area contributed by atoms with E-state index in [9.17, 15) is 9.59 Å². The number of amides is 3. The molecule has 1 aliphatic heterocycles. The molecule has 1 heterocycles. The molecule has 1 unspecified atom stereocenters. The molecule has 0 aromatic rings. The Kier molecular flexibility index (Phi) is 4.29. The van der Waals surface area contributed by atoms with Crippen molar-refractivity contribution < 1.29 is 9.59 Å². The molecule has 1 rings (SSSR count). The van der Waals surface area contributed by atoms with E-state index in [4.69, 9.17) is 5.26 Å². The number of carbonyl (C=O) groups is 2. The SMILES string of the molecule is CSC1=NC(=O)N(CCC#N)C(=O)C1Br. The molecule has 0 bridgehead atoms. The zero-order valence-corrected chi connectivity index (χ0v) is 10.3. The summed E-state index contributed by atoms with van der Waals surface area (Å²) >= 11 is 4.42. The van der Waals surface area contributed by atoms with Gasteiger partial charge in [0.1, 0.15) is 9.87 Å². The van der Waals surface area contributed by atoms with Gasteiger partial charge in [0.25, 0.3) is 5.91 Å². The topological polar surface area (TPSA) is 73.5 Å². The Labute approximate surface area is 99.6 Å². The summed E-state index contributed by atoms with van der Waals surface area (Å²) in [7, 11) is 0. The van der Waals surface area contributed by atoms with Gasteiger partial charge in [0.2, 0.25) is 0 Å². The number of halogens is 1. The molecule has 80 valence electrons. The summed E-state index contributed by atoms with van der Waals surface area (Å²) in [5.41, 5.74) is 0. The average molecular weight is 290 g/mol. The minimum Gasteiger partial charge on any atom is -0.273 e. The van der Waals surface area contributed by atoms with Crippen LogP contribution < -0.4 is 0 Å². The lowest BCUT2D eigenvalue weighted by Gasteiger charge is -2.25. The fourth-order valence-electron chi connectivity index (χ4n) is 1.06. The van der Waals surface area contributed by atoms with Crippen molar-refractivity contribution in [2.24, 2.45) is 4.99 Å². The predicted molar refractivity (Wildman–Crippen MR) is 61.0 cm³/mol. The number of nitrogens with zero attached hydrogens (tertiary/aromatic N) is 3. The largest absolute Gasteiger partial charge is 0.351 e. The molecule has 0 radical (unpaired) electrons. The third-order valence-electron chi connectivity index (χ3n) is 1.79. The Balaban J connectivity index is 2.86. The maximum Gasteiger partial charge on any atom is 0.351 e. The van der Waals surface area contributed by atoms with Crippen LogP contribution in [0.5, 0.6) is 0 Å². The summed E-state index contributed by atoms with van der Waals surface area (Å²) in [5.74, 6) is -0.352. The van der Waals surface area contributed by atoms with Gasteiger partial charge in [-0.25, -0.2) is 4.79 Å². The molecule has 15 heavy (non-hydrogen) atoms. The van der Waals surface area contributed by atoms with E-state index in [1.165, 1.54) is 11.8 Å². The van der Waals surface area contributed by atoms with Gasteiger partial charge in [0, 0.05) is 6.54 Å². The van der Waals surface area contributed by atoms with Crippen LogP contribution >= 0.6 is 27.7 Å². The molecule has 0 aromatic heterocycles. The van der Waals surface area contributed by atoms with E-state index >= 15 is 0 Å². The van der Waals surface area contributed by atoms with Crippen molar-refractivity contribution in [2.75, 3.05) is 12.8 Å². The molecule has 0 N–H and O–H groups in total. The van der Waals surface area contributed by atoms with Crippen LogP contribution in [0.15, 0.2) is 4.99 Å². The average Bonchev–Trinajstić information content (AvgIpc) is 2.23. The first-order valence-electron chi connectivity index (χ1n) is 4.10. The zero-order chi connectivity index (χ0) is 11.4. The van der Waals surface area contributed by atoms with Gasteiger partial charge in [-0.3, -0.25) is 9.69 Å². The normalized spacial score (nSPS) is 21.3. The molecule has 0 saturated heterocycles. The molecule has 0 aliphatic carbocycles. The van der Waals surface area contributed by atoms with E-state index < -0.39 is 10.9 Å². The van der Waals surface area contributed by atoms with Crippen LogP contribution in [0.25, 0.3) is 0 Å². The third-order valence-corrected chi connectivity index (χ3v) is 3.67. The van der Waals surface area contributed by atoms with Crippen LogP contribution in [-0.4, -0.2) is 39.5 Å². The van der Waals surface area contributed by atoms with E-state index in [1.54, 1.807) is 6.26 Å². The highest BCUT2D eigenvalue weighted by Gasteiger charge is 2.35.